The summed E-state index contributed by atoms with van der Waals surface area (Å²) < 4.78 is 67.0. The standard InChI is InChI=1S/C53H74N6O29/c1-20(60)39(51(75)76)58-48(72)33(16-31-12-14-32(69)15-13-31)56-47(71)34(17-37(54)70)57-50(74)40(22(3)80-53-46(86-30(11)68)44(84-28(9)66)42(82-26(7)64)36(88-53)19-78-24(5)62)59-49(73)38(55)21(2)79-52-45(85-29(10)67)43(83-27(8)65)41(81-25(6)63)35(87-52)18-77-23(4)61/h12-15,20-22,33-36,38-46,52-53,60,69H,16-19,55H2,1-11H3,(H2,54,70)(H,56,71)(H,57,74)(H,58,72)(H,59,73)(H,75,76)/t20-,21-,22-,33+,34+,35-,36-,38+,39+,40+,41-,42-,43+,44+,45-,46-,52-,53-/m1/s1. The van der Waals surface area contributed by atoms with Gasteiger partial charge in [-0.05, 0) is 38.5 Å². The van der Waals surface area contributed by atoms with Gasteiger partial charge in [0, 0.05) is 61.8 Å². The summed E-state index contributed by atoms with van der Waals surface area (Å²) in [6, 6.07) is -4.99. The topological polar surface area (TPSA) is 511 Å². The van der Waals surface area contributed by atoms with Crippen LogP contribution in [0.15, 0.2) is 24.3 Å². The largest absolute Gasteiger partial charge is 0.508 e. The molecular formula is C53H74N6O29. The van der Waals surface area contributed by atoms with E-state index in [0.717, 1.165) is 76.2 Å². The molecule has 0 aromatic heterocycles. The van der Waals surface area contributed by atoms with Gasteiger partial charge in [0.1, 0.15) is 55.3 Å². The number of rotatable bonds is 30. The van der Waals surface area contributed by atoms with Crippen molar-refractivity contribution in [2.45, 2.75) is 199 Å². The molecule has 0 aliphatic carbocycles. The predicted octanol–water partition coefficient (Wildman–Crippen LogP) is -4.48. The zero-order valence-electron chi connectivity index (χ0n) is 49.6. The summed E-state index contributed by atoms with van der Waals surface area (Å²) in [5, 5.41) is 38.7. The number of amides is 5. The molecule has 2 fully saturated rings. The Morgan fingerprint density at radius 2 is 0.875 bits per heavy atom. The molecule has 490 valence electrons. The van der Waals surface area contributed by atoms with Crippen LogP contribution in [0.4, 0.5) is 0 Å². The number of aromatic hydroxyl groups is 1. The van der Waals surface area contributed by atoms with Gasteiger partial charge in [-0.3, -0.25) is 62.3 Å². The number of nitrogens with one attached hydrogen (secondary N) is 4. The predicted molar refractivity (Wildman–Crippen MR) is 286 cm³/mol. The number of hydrogen-bond acceptors (Lipinski definition) is 29. The number of phenolic OH excluding ortho intramolecular Hbond substituents is 1. The van der Waals surface area contributed by atoms with E-state index in [-0.39, 0.29) is 11.3 Å². The van der Waals surface area contributed by atoms with Gasteiger partial charge in [0.2, 0.25) is 29.5 Å². The first kappa shape index (κ1) is 73.6. The first-order chi connectivity index (χ1) is 41.0. The van der Waals surface area contributed by atoms with Crippen molar-refractivity contribution in [3.05, 3.63) is 29.8 Å². The number of carboxylic acids is 1. The molecule has 0 radical (unpaired) electrons. The lowest BCUT2D eigenvalue weighted by Gasteiger charge is -2.45. The summed E-state index contributed by atoms with van der Waals surface area (Å²) in [4.78, 5) is 181. The van der Waals surface area contributed by atoms with Crippen LogP contribution in [-0.2, 0) is 130 Å². The van der Waals surface area contributed by atoms with Crippen molar-refractivity contribution >= 4 is 83.3 Å². The van der Waals surface area contributed by atoms with Crippen molar-refractivity contribution in [3.8, 4) is 5.75 Å². The molecule has 0 spiro atoms. The van der Waals surface area contributed by atoms with E-state index in [1.54, 1.807) is 0 Å². The Kier molecular flexibility index (Phi) is 28.5. The fourth-order valence-electron chi connectivity index (χ4n) is 8.71. The number of benzene rings is 1. The average molecular weight is 1260 g/mol. The number of primary amides is 1. The maximum Gasteiger partial charge on any atom is 0.328 e. The highest BCUT2D eigenvalue weighted by atomic mass is 16.8. The van der Waals surface area contributed by atoms with Crippen molar-refractivity contribution < 1.29 is 139 Å². The van der Waals surface area contributed by atoms with E-state index < -0.39 is 219 Å². The van der Waals surface area contributed by atoms with Gasteiger partial charge in [-0.1, -0.05) is 12.1 Å². The van der Waals surface area contributed by atoms with Gasteiger partial charge in [-0.2, -0.15) is 0 Å². The monoisotopic (exact) mass is 1260 g/mol. The van der Waals surface area contributed by atoms with Crippen molar-refractivity contribution in [1.29, 1.82) is 0 Å². The Hall–Kier alpha value is -8.64. The third kappa shape index (κ3) is 23.2. The highest BCUT2D eigenvalue weighted by Crippen LogP contribution is 2.33. The third-order valence-electron chi connectivity index (χ3n) is 12.5. The molecule has 1 aromatic rings. The minimum atomic E-state index is -2.23. The highest BCUT2D eigenvalue weighted by molar-refractivity contribution is 5.97. The second-order valence-electron chi connectivity index (χ2n) is 20.1. The molecule has 0 bridgehead atoms. The summed E-state index contributed by atoms with van der Waals surface area (Å²) >= 11 is 0. The number of aliphatic hydroxyl groups excluding tert-OH is 1. The van der Waals surface area contributed by atoms with E-state index in [2.05, 4.69) is 21.3 Å². The molecule has 2 aliphatic rings. The Balaban J connectivity index is 2.23. The second-order valence-corrected chi connectivity index (χ2v) is 20.1. The summed E-state index contributed by atoms with van der Waals surface area (Å²) in [5.74, 6) is -16.4. The Bertz CT molecular complexity index is 2710. The second kappa shape index (κ2) is 34.0. The molecule has 0 unspecified atom stereocenters. The van der Waals surface area contributed by atoms with Gasteiger partial charge in [-0.25, -0.2) is 4.79 Å². The van der Waals surface area contributed by atoms with Crippen LogP contribution in [0.1, 0.15) is 88.1 Å². The van der Waals surface area contributed by atoms with E-state index in [1.165, 1.54) is 24.3 Å². The lowest BCUT2D eigenvalue weighted by atomic mass is 9.97. The van der Waals surface area contributed by atoms with Crippen LogP contribution >= 0.6 is 0 Å². The first-order valence-corrected chi connectivity index (χ1v) is 26.9. The van der Waals surface area contributed by atoms with Gasteiger partial charge in [0.05, 0.1) is 24.7 Å². The minimum absolute atomic E-state index is 0.211. The molecule has 2 saturated heterocycles. The molecule has 18 atom stereocenters. The quantitative estimate of drug-likeness (QED) is 0.0259. The van der Waals surface area contributed by atoms with Crippen LogP contribution in [0, 0.1) is 0 Å². The Morgan fingerprint density at radius 3 is 1.26 bits per heavy atom. The zero-order chi connectivity index (χ0) is 66.6. The van der Waals surface area contributed by atoms with Crippen LogP contribution in [0.2, 0.25) is 0 Å². The Labute approximate surface area is 501 Å². The van der Waals surface area contributed by atoms with Crippen molar-refractivity contribution in [2.75, 3.05) is 13.2 Å². The van der Waals surface area contributed by atoms with E-state index in [9.17, 15) is 82.4 Å². The van der Waals surface area contributed by atoms with E-state index in [1.807, 2.05) is 0 Å². The number of nitrogens with two attached hydrogens (primary N) is 2. The number of ether oxygens (including phenoxy) is 12. The maximum absolute atomic E-state index is 14.9. The normalized spacial score (nSPS) is 24.1. The van der Waals surface area contributed by atoms with Crippen molar-refractivity contribution in [3.63, 3.8) is 0 Å². The summed E-state index contributed by atoms with van der Waals surface area (Å²) in [7, 11) is 0. The molecule has 35 heteroatoms. The molecule has 11 N–H and O–H groups in total. The fourth-order valence-corrected chi connectivity index (χ4v) is 8.71. The van der Waals surface area contributed by atoms with Crippen LogP contribution in [-0.4, -0.2) is 222 Å². The summed E-state index contributed by atoms with van der Waals surface area (Å²) in [6.07, 6.45) is -24.7. The molecule has 2 heterocycles. The lowest BCUT2D eigenvalue weighted by molar-refractivity contribution is -0.317. The number of aliphatic carboxylic acids is 1. The SMILES string of the molecule is CC(=O)OC[C@H]1O[C@@H](O[C@H](C)[C@H](N)C(=O)N[C@H](C(=O)N[C@@H](CC(N)=O)C(=O)N[C@@H](Cc2ccc(O)cc2)C(=O)N[C@H](C(=O)O)[C@@H](C)O)[C@@H](C)O[C@@H]2O[C@H](COC(C)=O)[C@@H](OC(C)=O)[C@H](OC(C)=O)[C@H]2OC(C)=O)[C@H](OC(C)=O)[C@@H](OC(C)=O)[C@@H]1OC(C)=O. The van der Waals surface area contributed by atoms with Crippen LogP contribution in [0.3, 0.4) is 0 Å². The lowest BCUT2D eigenvalue weighted by Crippen LogP contribution is -2.66. The minimum Gasteiger partial charge on any atom is -0.508 e. The number of esters is 8. The molecule has 3 rings (SSSR count). The number of hydrogen-bond donors (Lipinski definition) is 9. The smallest absolute Gasteiger partial charge is 0.328 e. The maximum atomic E-state index is 14.9. The van der Waals surface area contributed by atoms with Gasteiger partial charge in [-0.15, -0.1) is 0 Å². The van der Waals surface area contributed by atoms with Gasteiger partial charge in [0.15, 0.2) is 55.2 Å². The Morgan fingerprint density at radius 1 is 0.500 bits per heavy atom. The van der Waals surface area contributed by atoms with Crippen LogP contribution < -0.4 is 32.7 Å². The molecule has 1 aromatic carbocycles. The zero-order valence-corrected chi connectivity index (χ0v) is 49.6. The summed E-state index contributed by atoms with van der Waals surface area (Å²) in [6.45, 7) is 9.50. The number of aliphatic hydroxyl groups is 1. The van der Waals surface area contributed by atoms with Crippen LogP contribution in [0.25, 0.3) is 0 Å². The van der Waals surface area contributed by atoms with Gasteiger partial charge in [0.25, 0.3) is 0 Å². The van der Waals surface area contributed by atoms with Crippen molar-refractivity contribution in [1.82, 2.24) is 21.3 Å². The highest BCUT2D eigenvalue weighted by Gasteiger charge is 2.55. The summed E-state index contributed by atoms with van der Waals surface area (Å²) in [5.41, 5.74) is 12.3. The third-order valence-corrected chi connectivity index (χ3v) is 12.5. The molecule has 2 aliphatic heterocycles. The molecule has 0 saturated carbocycles. The van der Waals surface area contributed by atoms with E-state index in [0.29, 0.717) is 0 Å². The van der Waals surface area contributed by atoms with Crippen LogP contribution in [0.5, 0.6) is 5.75 Å². The number of carboxylic acid groups (broad SMARTS) is 1. The number of carbonyl (C=O) groups excluding carboxylic acids is 13. The number of phenols is 1. The molecular weight excluding hydrogens is 1180 g/mol. The molecule has 35 nitrogen and oxygen atoms in total. The van der Waals surface area contributed by atoms with E-state index in [4.69, 9.17) is 68.3 Å². The molecule has 5 amide bonds. The average Bonchev–Trinajstić information content (AvgIpc) is 0.853. The first-order valence-electron chi connectivity index (χ1n) is 26.9. The van der Waals surface area contributed by atoms with E-state index >= 15 is 0 Å². The molecule has 88 heavy (non-hydrogen) atoms. The van der Waals surface area contributed by atoms with Gasteiger partial charge < -0.3 is 105 Å². The van der Waals surface area contributed by atoms with Gasteiger partial charge >= 0.3 is 53.7 Å². The van der Waals surface area contributed by atoms with Crippen molar-refractivity contribution in [2.24, 2.45) is 11.5 Å². The fraction of sp³-hybridized carbons (Fsp3) is 0.623. The number of carbonyl (C=O) groups is 14.